The monoisotopic (exact) mass is 339 g/mol. The molecule has 0 spiro atoms. The second-order valence-electron chi connectivity index (χ2n) is 5.53. The zero-order valence-electron chi connectivity index (χ0n) is 12.3. The van der Waals surface area contributed by atoms with Gasteiger partial charge in [0.05, 0.1) is 5.52 Å². The van der Waals surface area contributed by atoms with Gasteiger partial charge in [0.15, 0.2) is 0 Å². The summed E-state index contributed by atoms with van der Waals surface area (Å²) in [5.74, 6) is 0. The average molecular weight is 340 g/mol. The molecule has 0 aliphatic carbocycles. The van der Waals surface area contributed by atoms with Gasteiger partial charge < -0.3 is 0 Å². The summed E-state index contributed by atoms with van der Waals surface area (Å²) in [7, 11) is 0. The Morgan fingerprint density at radius 1 is 1.00 bits per heavy atom. The summed E-state index contributed by atoms with van der Waals surface area (Å²) in [6.07, 6.45) is 0.898. The zero-order valence-corrected chi connectivity index (χ0v) is 13.9. The number of rotatable bonds is 3. The van der Waals surface area contributed by atoms with Crippen LogP contribution in [0.4, 0.5) is 0 Å². The van der Waals surface area contributed by atoms with E-state index in [1.54, 1.807) is 0 Å². The molecular formula is C19H18BrN. The second-order valence-corrected chi connectivity index (χ2v) is 6.63. The molecule has 1 unspecified atom stereocenters. The molecule has 0 saturated heterocycles. The van der Waals surface area contributed by atoms with E-state index in [0.29, 0.717) is 4.83 Å². The summed E-state index contributed by atoms with van der Waals surface area (Å²) < 4.78 is 0. The van der Waals surface area contributed by atoms with Crippen LogP contribution in [0.2, 0.25) is 0 Å². The van der Waals surface area contributed by atoms with Crippen molar-refractivity contribution < 1.29 is 0 Å². The topological polar surface area (TPSA) is 12.9 Å². The Kier molecular flexibility index (Phi) is 4.07. The Morgan fingerprint density at radius 2 is 1.81 bits per heavy atom. The fourth-order valence-corrected chi connectivity index (χ4v) is 3.44. The minimum atomic E-state index is 0.297. The number of hydrogen-bond donors (Lipinski definition) is 0. The van der Waals surface area contributed by atoms with Crippen molar-refractivity contribution in [1.29, 1.82) is 0 Å². The second kappa shape index (κ2) is 5.98. The number of pyridine rings is 1. The number of benzene rings is 2. The fourth-order valence-electron chi connectivity index (χ4n) is 2.61. The SMILES string of the molecule is Cc1ccc(C)c(C(Br)Cc2ccc3ccccc3n2)c1. The standard InChI is InChI=1S/C19H18BrN/c1-13-7-8-14(2)17(11-13)18(20)12-16-10-9-15-5-3-4-6-19(15)21-16/h3-11,18H,12H2,1-2H3. The number of aromatic nitrogens is 1. The lowest BCUT2D eigenvalue weighted by Crippen LogP contribution is -2.00. The lowest BCUT2D eigenvalue weighted by atomic mass is 10.00. The van der Waals surface area contributed by atoms with Crippen LogP contribution in [0.3, 0.4) is 0 Å². The third-order valence-electron chi connectivity index (χ3n) is 3.82. The zero-order chi connectivity index (χ0) is 14.8. The molecule has 3 aromatic rings. The lowest BCUT2D eigenvalue weighted by molar-refractivity contribution is 0.903. The predicted molar refractivity (Wildman–Crippen MR) is 93.0 cm³/mol. The third-order valence-corrected chi connectivity index (χ3v) is 4.63. The van der Waals surface area contributed by atoms with Crippen LogP contribution in [0, 0.1) is 13.8 Å². The number of para-hydroxylation sites is 1. The summed E-state index contributed by atoms with van der Waals surface area (Å²) >= 11 is 3.83. The van der Waals surface area contributed by atoms with Gasteiger partial charge in [-0.1, -0.05) is 64.0 Å². The minimum absolute atomic E-state index is 0.297. The summed E-state index contributed by atoms with van der Waals surface area (Å²) in [6.45, 7) is 4.30. The summed E-state index contributed by atoms with van der Waals surface area (Å²) in [4.78, 5) is 5.06. The maximum Gasteiger partial charge on any atom is 0.0705 e. The van der Waals surface area contributed by atoms with E-state index in [-0.39, 0.29) is 0 Å². The van der Waals surface area contributed by atoms with Crippen molar-refractivity contribution in [2.24, 2.45) is 0 Å². The van der Waals surface area contributed by atoms with Crippen molar-refractivity contribution in [2.45, 2.75) is 25.1 Å². The highest BCUT2D eigenvalue weighted by Crippen LogP contribution is 2.30. The van der Waals surface area contributed by atoms with Crippen LogP contribution in [0.15, 0.2) is 54.6 Å². The molecule has 0 aliphatic heterocycles. The predicted octanol–water partition coefficient (Wildman–Crippen LogP) is 5.53. The quantitative estimate of drug-likeness (QED) is 0.571. The fraction of sp³-hybridized carbons (Fsp3) is 0.211. The number of fused-ring (bicyclic) bond motifs is 1. The van der Waals surface area contributed by atoms with Gasteiger partial charge in [-0.3, -0.25) is 4.98 Å². The average Bonchev–Trinajstić information content (AvgIpc) is 2.49. The minimum Gasteiger partial charge on any atom is -0.253 e. The smallest absolute Gasteiger partial charge is 0.0705 e. The van der Waals surface area contributed by atoms with Gasteiger partial charge in [0, 0.05) is 22.3 Å². The number of nitrogens with zero attached hydrogens (tertiary/aromatic N) is 1. The van der Waals surface area contributed by atoms with E-state index in [1.807, 2.05) is 12.1 Å². The Bertz CT molecular complexity index is 779. The Labute approximate surface area is 134 Å². The van der Waals surface area contributed by atoms with Crippen molar-refractivity contribution in [1.82, 2.24) is 4.98 Å². The van der Waals surface area contributed by atoms with Gasteiger partial charge in [0.2, 0.25) is 0 Å². The van der Waals surface area contributed by atoms with Crippen LogP contribution in [-0.2, 0) is 6.42 Å². The first kappa shape index (κ1) is 14.3. The van der Waals surface area contributed by atoms with Crippen molar-refractivity contribution in [3.8, 4) is 0 Å². The number of alkyl halides is 1. The molecule has 0 N–H and O–H groups in total. The molecule has 106 valence electrons. The summed E-state index contributed by atoms with van der Waals surface area (Å²) in [6, 6.07) is 19.1. The molecule has 0 aliphatic rings. The van der Waals surface area contributed by atoms with Crippen LogP contribution in [0.25, 0.3) is 10.9 Å². The molecule has 2 heteroatoms. The molecule has 0 amide bonds. The van der Waals surface area contributed by atoms with Gasteiger partial charge in [-0.15, -0.1) is 0 Å². The first-order valence-corrected chi connectivity index (χ1v) is 8.11. The highest BCUT2D eigenvalue weighted by molar-refractivity contribution is 9.09. The van der Waals surface area contributed by atoms with Gasteiger partial charge in [0.1, 0.15) is 0 Å². The Hall–Kier alpha value is -1.67. The number of aryl methyl sites for hydroxylation is 2. The molecule has 0 fully saturated rings. The number of halogens is 1. The summed E-state index contributed by atoms with van der Waals surface area (Å²) in [5.41, 5.74) is 6.16. The van der Waals surface area contributed by atoms with Gasteiger partial charge in [-0.25, -0.2) is 0 Å². The molecule has 1 nitrogen and oxygen atoms in total. The largest absolute Gasteiger partial charge is 0.253 e. The number of hydrogen-bond acceptors (Lipinski definition) is 1. The van der Waals surface area contributed by atoms with E-state index in [9.17, 15) is 0 Å². The lowest BCUT2D eigenvalue weighted by Gasteiger charge is -2.14. The van der Waals surface area contributed by atoms with Crippen LogP contribution in [-0.4, -0.2) is 4.98 Å². The Balaban J connectivity index is 1.88. The van der Waals surface area contributed by atoms with Crippen molar-refractivity contribution >= 4 is 26.8 Å². The van der Waals surface area contributed by atoms with Crippen LogP contribution < -0.4 is 0 Å². The molecule has 1 heterocycles. The molecule has 0 saturated carbocycles. The Morgan fingerprint density at radius 3 is 2.67 bits per heavy atom. The molecule has 21 heavy (non-hydrogen) atoms. The van der Waals surface area contributed by atoms with E-state index in [2.05, 4.69) is 72.2 Å². The van der Waals surface area contributed by atoms with Crippen molar-refractivity contribution in [3.63, 3.8) is 0 Å². The maximum atomic E-state index is 4.76. The van der Waals surface area contributed by atoms with Gasteiger partial charge in [-0.2, -0.15) is 0 Å². The first-order valence-electron chi connectivity index (χ1n) is 7.19. The van der Waals surface area contributed by atoms with Crippen LogP contribution in [0.1, 0.15) is 27.2 Å². The van der Waals surface area contributed by atoms with E-state index in [0.717, 1.165) is 17.6 Å². The molecule has 3 rings (SSSR count). The van der Waals surface area contributed by atoms with Crippen LogP contribution >= 0.6 is 15.9 Å². The van der Waals surface area contributed by atoms with E-state index in [1.165, 1.54) is 22.1 Å². The van der Waals surface area contributed by atoms with Gasteiger partial charge in [0.25, 0.3) is 0 Å². The molecule has 1 atom stereocenters. The molecule has 0 radical (unpaired) electrons. The summed E-state index contributed by atoms with van der Waals surface area (Å²) in [5, 5.41) is 1.19. The molecule has 1 aromatic heterocycles. The van der Waals surface area contributed by atoms with E-state index < -0.39 is 0 Å². The van der Waals surface area contributed by atoms with Crippen molar-refractivity contribution in [2.75, 3.05) is 0 Å². The molecule has 2 aromatic carbocycles. The van der Waals surface area contributed by atoms with Gasteiger partial charge >= 0.3 is 0 Å². The van der Waals surface area contributed by atoms with Gasteiger partial charge in [-0.05, 0) is 37.1 Å². The van der Waals surface area contributed by atoms with E-state index in [4.69, 9.17) is 4.98 Å². The highest BCUT2D eigenvalue weighted by atomic mass is 79.9. The van der Waals surface area contributed by atoms with Crippen LogP contribution in [0.5, 0.6) is 0 Å². The third kappa shape index (κ3) is 3.16. The van der Waals surface area contributed by atoms with E-state index >= 15 is 0 Å². The maximum absolute atomic E-state index is 4.76. The van der Waals surface area contributed by atoms with Crippen molar-refractivity contribution in [3.05, 3.63) is 77.0 Å². The normalized spacial score (nSPS) is 12.5. The first-order chi connectivity index (χ1) is 10.1. The highest BCUT2D eigenvalue weighted by Gasteiger charge is 2.12. The molecular weight excluding hydrogens is 322 g/mol. The molecule has 0 bridgehead atoms.